The molecule has 1 atom stereocenters. The molecule has 0 aliphatic carbocycles. The molecule has 1 heterocycles. The maximum atomic E-state index is 13.1. The maximum Gasteiger partial charge on any atom is 0.330 e. The Kier molecular flexibility index (Phi) is 5.35. The van der Waals surface area contributed by atoms with Crippen LogP contribution in [0.15, 0.2) is 59.4 Å². The zero-order valence-electron chi connectivity index (χ0n) is 16.8. The molecule has 0 spiro atoms. The van der Waals surface area contributed by atoms with Crippen molar-refractivity contribution >= 4 is 27.5 Å². The van der Waals surface area contributed by atoms with Gasteiger partial charge in [0.25, 0.3) is 0 Å². The van der Waals surface area contributed by atoms with E-state index < -0.39 is 5.54 Å². The summed E-state index contributed by atoms with van der Waals surface area (Å²) in [6.07, 6.45) is 0. The van der Waals surface area contributed by atoms with Crippen LogP contribution in [0, 0.1) is 0 Å². The summed E-state index contributed by atoms with van der Waals surface area (Å²) in [5.74, 6) is -0.283. The summed E-state index contributed by atoms with van der Waals surface area (Å²) >= 11 is 0. The molecular weight excluding hydrogens is 366 g/mol. The van der Waals surface area contributed by atoms with Crippen LogP contribution >= 0.6 is 0 Å². The van der Waals surface area contributed by atoms with E-state index >= 15 is 0 Å². The van der Waals surface area contributed by atoms with Gasteiger partial charge < -0.3 is 9.47 Å². The number of morpholine rings is 1. The molecule has 4 rings (SSSR count). The van der Waals surface area contributed by atoms with Gasteiger partial charge in [0, 0.05) is 23.9 Å². The second-order valence-corrected chi connectivity index (χ2v) is 7.44. The van der Waals surface area contributed by atoms with Gasteiger partial charge in [0.1, 0.15) is 5.54 Å². The van der Waals surface area contributed by atoms with Crippen LogP contribution in [0.2, 0.25) is 0 Å². The van der Waals surface area contributed by atoms with Gasteiger partial charge in [-0.25, -0.2) is 4.79 Å². The SMILES string of the molecule is CCOC(=O)C(C)(c1ccc2c(=O)c3ccccc3ccc2c1)N1CCOCC1. The molecule has 1 aliphatic rings. The van der Waals surface area contributed by atoms with E-state index in [1.165, 1.54) is 0 Å². The Hall–Kier alpha value is -2.76. The first-order valence-electron chi connectivity index (χ1n) is 10.0. The third kappa shape index (κ3) is 3.41. The minimum atomic E-state index is -0.940. The molecule has 3 aromatic carbocycles. The van der Waals surface area contributed by atoms with Crippen LogP contribution in [0.25, 0.3) is 21.5 Å². The number of fused-ring (bicyclic) bond motifs is 2. The third-order valence-electron chi connectivity index (χ3n) is 5.82. The molecule has 0 bridgehead atoms. The second kappa shape index (κ2) is 7.93. The van der Waals surface area contributed by atoms with Crippen LogP contribution in [0.4, 0.5) is 0 Å². The average molecular weight is 391 g/mol. The predicted octanol–water partition coefficient (Wildman–Crippen LogP) is 3.46. The summed E-state index contributed by atoms with van der Waals surface area (Å²) in [4.78, 5) is 28.2. The molecule has 0 saturated carbocycles. The van der Waals surface area contributed by atoms with Crippen LogP contribution in [0.1, 0.15) is 19.4 Å². The van der Waals surface area contributed by atoms with E-state index in [1.54, 1.807) is 0 Å². The van der Waals surface area contributed by atoms with Crippen LogP contribution < -0.4 is 5.43 Å². The highest BCUT2D eigenvalue weighted by Crippen LogP contribution is 2.32. The second-order valence-electron chi connectivity index (χ2n) is 7.44. The maximum absolute atomic E-state index is 13.1. The van der Waals surface area contributed by atoms with Gasteiger partial charge in [-0.15, -0.1) is 0 Å². The number of nitrogens with zero attached hydrogens (tertiary/aromatic N) is 1. The van der Waals surface area contributed by atoms with Crippen molar-refractivity contribution in [1.82, 2.24) is 4.90 Å². The van der Waals surface area contributed by atoms with Crippen molar-refractivity contribution in [3.05, 3.63) is 70.4 Å². The highest BCUT2D eigenvalue weighted by atomic mass is 16.5. The molecule has 29 heavy (non-hydrogen) atoms. The fraction of sp³-hybridized carbons (Fsp3) is 0.333. The number of hydrogen-bond donors (Lipinski definition) is 0. The molecule has 0 N–H and O–H groups in total. The van der Waals surface area contributed by atoms with Crippen molar-refractivity contribution in [3.8, 4) is 0 Å². The van der Waals surface area contributed by atoms with E-state index in [0.717, 1.165) is 16.3 Å². The Bertz CT molecular complexity index is 1120. The predicted molar refractivity (Wildman–Crippen MR) is 114 cm³/mol. The molecule has 1 aliphatic heterocycles. The van der Waals surface area contributed by atoms with Gasteiger partial charge in [0.2, 0.25) is 0 Å². The summed E-state index contributed by atoms with van der Waals surface area (Å²) in [6, 6.07) is 17.2. The van der Waals surface area contributed by atoms with Gasteiger partial charge in [0.05, 0.1) is 19.8 Å². The van der Waals surface area contributed by atoms with Crippen LogP contribution in [0.3, 0.4) is 0 Å². The number of esters is 1. The van der Waals surface area contributed by atoms with Gasteiger partial charge in [-0.3, -0.25) is 9.69 Å². The van der Waals surface area contributed by atoms with Crippen molar-refractivity contribution in [1.29, 1.82) is 0 Å². The van der Waals surface area contributed by atoms with E-state index in [2.05, 4.69) is 4.90 Å². The van der Waals surface area contributed by atoms with Gasteiger partial charge in [-0.05, 0) is 36.2 Å². The summed E-state index contributed by atoms with van der Waals surface area (Å²) in [5.41, 5.74) is -0.124. The van der Waals surface area contributed by atoms with Gasteiger partial charge in [-0.2, -0.15) is 0 Å². The Morgan fingerprint density at radius 3 is 2.48 bits per heavy atom. The molecular formula is C24H25NO4. The molecule has 0 aromatic heterocycles. The van der Waals surface area contributed by atoms with Crippen molar-refractivity contribution < 1.29 is 14.3 Å². The van der Waals surface area contributed by atoms with Crippen molar-refractivity contribution in [3.63, 3.8) is 0 Å². The van der Waals surface area contributed by atoms with Gasteiger partial charge >= 0.3 is 5.97 Å². The third-order valence-corrected chi connectivity index (χ3v) is 5.82. The molecule has 3 aromatic rings. The monoisotopic (exact) mass is 391 g/mol. The number of hydrogen-bond acceptors (Lipinski definition) is 5. The van der Waals surface area contributed by atoms with Crippen molar-refractivity contribution in [2.45, 2.75) is 19.4 Å². The highest BCUT2D eigenvalue weighted by Gasteiger charge is 2.43. The number of carbonyl (C=O) groups excluding carboxylic acids is 1. The normalized spacial score (nSPS) is 17.2. The standard InChI is InChI=1S/C24H25NO4/c1-3-29-23(27)24(2,25-12-14-28-15-13-25)19-10-11-21-18(16-19)9-8-17-6-4-5-7-20(17)22(21)26/h4-11,16H,3,12-15H2,1-2H3. The summed E-state index contributed by atoms with van der Waals surface area (Å²) in [6.45, 7) is 6.47. The summed E-state index contributed by atoms with van der Waals surface area (Å²) < 4.78 is 10.9. The smallest absolute Gasteiger partial charge is 0.330 e. The first-order chi connectivity index (χ1) is 14.1. The summed E-state index contributed by atoms with van der Waals surface area (Å²) in [7, 11) is 0. The number of carbonyl (C=O) groups is 1. The lowest BCUT2D eigenvalue weighted by Crippen LogP contribution is -2.54. The minimum Gasteiger partial charge on any atom is -0.464 e. The lowest BCUT2D eigenvalue weighted by molar-refractivity contribution is -0.161. The van der Waals surface area contributed by atoms with E-state index in [-0.39, 0.29) is 11.4 Å². The first kappa shape index (κ1) is 19.6. The molecule has 1 saturated heterocycles. The Morgan fingerprint density at radius 2 is 1.72 bits per heavy atom. The van der Waals surface area contributed by atoms with E-state index in [9.17, 15) is 9.59 Å². The first-order valence-corrected chi connectivity index (χ1v) is 10.0. The number of ether oxygens (including phenoxy) is 2. The zero-order valence-corrected chi connectivity index (χ0v) is 16.8. The largest absolute Gasteiger partial charge is 0.464 e. The average Bonchev–Trinajstić information content (AvgIpc) is 2.90. The quantitative estimate of drug-likeness (QED) is 0.638. The fourth-order valence-electron chi connectivity index (χ4n) is 4.10. The zero-order chi connectivity index (χ0) is 20.4. The molecule has 5 nitrogen and oxygen atoms in total. The molecule has 150 valence electrons. The van der Waals surface area contributed by atoms with Gasteiger partial charge in [-0.1, -0.05) is 48.5 Å². The number of benzene rings is 2. The molecule has 0 amide bonds. The molecule has 0 radical (unpaired) electrons. The Morgan fingerprint density at radius 1 is 1.03 bits per heavy atom. The minimum absolute atomic E-state index is 0.00337. The lowest BCUT2D eigenvalue weighted by Gasteiger charge is -2.41. The highest BCUT2D eigenvalue weighted by molar-refractivity contribution is 5.94. The topological polar surface area (TPSA) is 55.8 Å². The molecule has 1 unspecified atom stereocenters. The van der Waals surface area contributed by atoms with Crippen LogP contribution in [-0.4, -0.2) is 43.8 Å². The van der Waals surface area contributed by atoms with E-state index in [0.29, 0.717) is 43.7 Å². The Balaban J connectivity index is 1.91. The molecule has 1 fully saturated rings. The fourth-order valence-corrected chi connectivity index (χ4v) is 4.10. The Labute approximate surface area is 169 Å². The van der Waals surface area contributed by atoms with Crippen molar-refractivity contribution in [2.75, 3.05) is 32.9 Å². The van der Waals surface area contributed by atoms with Crippen molar-refractivity contribution in [2.24, 2.45) is 0 Å². The van der Waals surface area contributed by atoms with E-state index in [1.807, 2.05) is 68.4 Å². The number of rotatable bonds is 4. The van der Waals surface area contributed by atoms with Crippen LogP contribution in [-0.2, 0) is 19.8 Å². The van der Waals surface area contributed by atoms with E-state index in [4.69, 9.17) is 9.47 Å². The summed E-state index contributed by atoms with van der Waals surface area (Å²) in [5, 5.41) is 3.05. The lowest BCUT2D eigenvalue weighted by atomic mass is 9.88. The molecule has 5 heteroatoms. The van der Waals surface area contributed by atoms with Gasteiger partial charge in [0.15, 0.2) is 5.43 Å². The van der Waals surface area contributed by atoms with Crippen LogP contribution in [0.5, 0.6) is 0 Å².